The van der Waals surface area contributed by atoms with Gasteiger partial charge < -0.3 is 10.2 Å². The number of hydrogen-bond acceptors (Lipinski definition) is 4. The Kier molecular flexibility index (Phi) is 7.50. The number of nitrogens with one attached hydrogen (secondary N) is 2. The van der Waals surface area contributed by atoms with Crippen LogP contribution in [0.4, 0.5) is 10.1 Å². The first-order valence-electron chi connectivity index (χ1n) is 10.6. The Morgan fingerprint density at radius 3 is 2.38 bits per heavy atom. The number of nitrogens with zero attached hydrogens (tertiary/aromatic N) is 1. The van der Waals surface area contributed by atoms with E-state index < -0.39 is 15.8 Å². The Morgan fingerprint density at radius 1 is 1.09 bits per heavy atom. The van der Waals surface area contributed by atoms with E-state index in [0.29, 0.717) is 31.1 Å². The first kappa shape index (κ1) is 23.7. The minimum atomic E-state index is -3.87. The predicted octanol–water partition coefficient (Wildman–Crippen LogP) is 3.25. The van der Waals surface area contributed by atoms with Gasteiger partial charge in [0.05, 0.1) is 10.8 Å². The largest absolute Gasteiger partial charge is 0.356 e. The molecule has 7 nitrogen and oxygen atoms in total. The second kappa shape index (κ2) is 10.1. The number of hydrogen-bond donors (Lipinski definition) is 2. The van der Waals surface area contributed by atoms with Crippen molar-refractivity contribution >= 4 is 27.5 Å². The molecule has 0 aliphatic carbocycles. The molecule has 0 bridgehead atoms. The standard InChI is InChI=1S/C23H28FN3O4S/c1-16(2)14-25-22(28)18-4-3-13-27(15-18)23(29)17-5-9-20(10-6-17)26-32(30,31)21-11-7-19(24)8-12-21/h5-12,16,18,26H,3-4,13-15H2,1-2H3,(H,25,28). The van der Waals surface area contributed by atoms with Gasteiger partial charge in [0.2, 0.25) is 5.91 Å². The molecule has 2 aromatic rings. The number of rotatable bonds is 7. The van der Waals surface area contributed by atoms with E-state index in [4.69, 9.17) is 0 Å². The SMILES string of the molecule is CC(C)CNC(=O)C1CCCN(C(=O)c2ccc(NS(=O)(=O)c3ccc(F)cc3)cc2)C1. The summed E-state index contributed by atoms with van der Waals surface area (Å²) < 4.78 is 40.3. The number of carbonyl (C=O) groups is 2. The first-order valence-corrected chi connectivity index (χ1v) is 12.1. The van der Waals surface area contributed by atoms with Gasteiger partial charge in [-0.05, 0) is 67.3 Å². The highest BCUT2D eigenvalue weighted by molar-refractivity contribution is 7.92. The molecular formula is C23H28FN3O4S. The summed E-state index contributed by atoms with van der Waals surface area (Å²) in [7, 11) is -3.87. The number of piperidine rings is 1. The highest BCUT2D eigenvalue weighted by atomic mass is 32.2. The van der Waals surface area contributed by atoms with Crippen molar-refractivity contribution in [1.82, 2.24) is 10.2 Å². The third kappa shape index (κ3) is 6.06. The van der Waals surface area contributed by atoms with Crippen LogP contribution in [0.1, 0.15) is 37.0 Å². The summed E-state index contributed by atoms with van der Waals surface area (Å²) in [5, 5.41) is 2.93. The van der Waals surface area contributed by atoms with Crippen molar-refractivity contribution in [3.8, 4) is 0 Å². The van der Waals surface area contributed by atoms with Gasteiger partial charge >= 0.3 is 0 Å². The third-order valence-corrected chi connectivity index (χ3v) is 6.67. The van der Waals surface area contributed by atoms with Crippen molar-refractivity contribution in [3.05, 3.63) is 59.9 Å². The lowest BCUT2D eigenvalue weighted by atomic mass is 9.96. The average Bonchev–Trinajstić information content (AvgIpc) is 2.77. The van der Waals surface area contributed by atoms with Gasteiger partial charge in [0.15, 0.2) is 0 Å². The average molecular weight is 462 g/mol. The molecule has 0 aromatic heterocycles. The maximum Gasteiger partial charge on any atom is 0.261 e. The van der Waals surface area contributed by atoms with Gasteiger partial charge in [0.25, 0.3) is 15.9 Å². The molecular weight excluding hydrogens is 433 g/mol. The number of sulfonamides is 1. The van der Waals surface area contributed by atoms with E-state index in [2.05, 4.69) is 10.0 Å². The summed E-state index contributed by atoms with van der Waals surface area (Å²) in [4.78, 5) is 26.9. The van der Waals surface area contributed by atoms with E-state index >= 15 is 0 Å². The fraction of sp³-hybridized carbons (Fsp3) is 0.391. The normalized spacial score (nSPS) is 16.6. The molecule has 1 atom stereocenters. The molecule has 3 rings (SSSR count). The molecule has 1 saturated heterocycles. The molecule has 0 radical (unpaired) electrons. The van der Waals surface area contributed by atoms with Crippen LogP contribution in [-0.2, 0) is 14.8 Å². The van der Waals surface area contributed by atoms with Gasteiger partial charge in [-0.15, -0.1) is 0 Å². The lowest BCUT2D eigenvalue weighted by Crippen LogP contribution is -2.46. The molecule has 9 heteroatoms. The molecule has 1 fully saturated rings. The maximum absolute atomic E-state index is 13.0. The van der Waals surface area contributed by atoms with Gasteiger partial charge in [-0.2, -0.15) is 0 Å². The molecule has 2 aromatic carbocycles. The Labute approximate surface area is 188 Å². The summed E-state index contributed by atoms with van der Waals surface area (Å²) in [6, 6.07) is 10.6. The van der Waals surface area contributed by atoms with Crippen LogP contribution in [0, 0.1) is 17.7 Å². The summed E-state index contributed by atoms with van der Waals surface area (Å²) in [6.45, 7) is 5.60. The van der Waals surface area contributed by atoms with E-state index in [0.717, 1.165) is 25.0 Å². The molecule has 2 N–H and O–H groups in total. The zero-order valence-electron chi connectivity index (χ0n) is 18.2. The molecule has 0 spiro atoms. The molecule has 32 heavy (non-hydrogen) atoms. The van der Waals surface area contributed by atoms with Crippen molar-refractivity contribution in [2.45, 2.75) is 31.6 Å². The predicted molar refractivity (Wildman–Crippen MR) is 120 cm³/mol. The minimum Gasteiger partial charge on any atom is -0.356 e. The number of anilines is 1. The summed E-state index contributed by atoms with van der Waals surface area (Å²) in [5.74, 6) is -0.613. The molecule has 0 saturated carbocycles. The number of halogens is 1. The van der Waals surface area contributed by atoms with Crippen molar-refractivity contribution in [2.75, 3.05) is 24.4 Å². The van der Waals surface area contributed by atoms with Crippen molar-refractivity contribution < 1.29 is 22.4 Å². The van der Waals surface area contributed by atoms with Crippen molar-refractivity contribution in [1.29, 1.82) is 0 Å². The van der Waals surface area contributed by atoms with Crippen LogP contribution in [0.5, 0.6) is 0 Å². The fourth-order valence-corrected chi connectivity index (χ4v) is 4.57. The van der Waals surface area contributed by atoms with E-state index in [1.165, 1.54) is 24.3 Å². The number of amides is 2. The number of likely N-dealkylation sites (tertiary alicyclic amines) is 1. The van der Waals surface area contributed by atoms with Crippen LogP contribution < -0.4 is 10.0 Å². The molecule has 172 valence electrons. The second-order valence-corrected chi connectivity index (χ2v) is 10.0. The molecule has 1 heterocycles. The van der Waals surface area contributed by atoms with E-state index in [1.54, 1.807) is 17.0 Å². The lowest BCUT2D eigenvalue weighted by molar-refractivity contribution is -0.126. The summed E-state index contributed by atoms with van der Waals surface area (Å²) >= 11 is 0. The first-order chi connectivity index (χ1) is 15.2. The summed E-state index contributed by atoms with van der Waals surface area (Å²) in [5.41, 5.74) is 0.702. The Balaban J connectivity index is 1.63. The van der Waals surface area contributed by atoms with Crippen LogP contribution >= 0.6 is 0 Å². The molecule has 1 unspecified atom stereocenters. The van der Waals surface area contributed by atoms with Gasteiger partial charge in [0, 0.05) is 30.9 Å². The lowest BCUT2D eigenvalue weighted by Gasteiger charge is -2.32. The monoisotopic (exact) mass is 461 g/mol. The van der Waals surface area contributed by atoms with Crippen molar-refractivity contribution in [3.63, 3.8) is 0 Å². The Morgan fingerprint density at radius 2 is 1.75 bits per heavy atom. The fourth-order valence-electron chi connectivity index (χ4n) is 3.52. The third-order valence-electron chi connectivity index (χ3n) is 5.27. The van der Waals surface area contributed by atoms with Crippen LogP contribution in [0.2, 0.25) is 0 Å². The topological polar surface area (TPSA) is 95.6 Å². The van der Waals surface area contributed by atoms with Gasteiger partial charge in [-0.1, -0.05) is 13.8 Å². The highest BCUT2D eigenvalue weighted by Gasteiger charge is 2.29. The van der Waals surface area contributed by atoms with Gasteiger partial charge in [-0.25, -0.2) is 12.8 Å². The smallest absolute Gasteiger partial charge is 0.261 e. The highest BCUT2D eigenvalue weighted by Crippen LogP contribution is 2.21. The Bertz CT molecular complexity index is 1050. The van der Waals surface area contributed by atoms with E-state index in [-0.39, 0.29) is 28.3 Å². The second-order valence-electron chi connectivity index (χ2n) is 8.37. The maximum atomic E-state index is 13.0. The zero-order valence-corrected chi connectivity index (χ0v) is 19.0. The van der Waals surface area contributed by atoms with Crippen LogP contribution in [-0.4, -0.2) is 44.8 Å². The van der Waals surface area contributed by atoms with Crippen molar-refractivity contribution in [2.24, 2.45) is 11.8 Å². The van der Waals surface area contributed by atoms with E-state index in [9.17, 15) is 22.4 Å². The quantitative estimate of drug-likeness (QED) is 0.662. The van der Waals surface area contributed by atoms with Gasteiger partial charge in [0.1, 0.15) is 5.82 Å². The molecule has 2 amide bonds. The van der Waals surface area contributed by atoms with Crippen LogP contribution in [0.15, 0.2) is 53.4 Å². The van der Waals surface area contributed by atoms with Crippen LogP contribution in [0.3, 0.4) is 0 Å². The molecule has 1 aliphatic rings. The Hall–Kier alpha value is -2.94. The molecule has 1 aliphatic heterocycles. The summed E-state index contributed by atoms with van der Waals surface area (Å²) in [6.07, 6.45) is 1.50. The van der Waals surface area contributed by atoms with Crippen LogP contribution in [0.25, 0.3) is 0 Å². The number of carbonyl (C=O) groups excluding carboxylic acids is 2. The minimum absolute atomic E-state index is 0.0262. The van der Waals surface area contributed by atoms with E-state index in [1.807, 2.05) is 13.8 Å². The van der Waals surface area contributed by atoms with Gasteiger partial charge in [-0.3, -0.25) is 14.3 Å². The number of benzene rings is 2. The zero-order chi connectivity index (χ0) is 23.3.